The molecule has 0 amide bonds. The van der Waals surface area contributed by atoms with Crippen LogP contribution in [0.3, 0.4) is 0 Å². The summed E-state index contributed by atoms with van der Waals surface area (Å²) in [6, 6.07) is -2.09. The Morgan fingerprint density at radius 3 is 2.00 bits per heavy atom. The molecule has 0 aliphatic rings. The Kier molecular flexibility index (Phi) is 2.76. The molecule has 0 spiro atoms. The lowest BCUT2D eigenvalue weighted by Crippen LogP contribution is -1.92. The lowest BCUT2D eigenvalue weighted by Gasteiger charge is -1.92. The molecule has 0 N–H and O–H groups in total. The third-order valence-corrected chi connectivity index (χ3v) is 0.729. The van der Waals surface area contributed by atoms with Gasteiger partial charge in [-0.15, -0.1) is 11.6 Å². The second-order valence-corrected chi connectivity index (χ2v) is 1.89. The second kappa shape index (κ2) is 2.87. The van der Waals surface area contributed by atoms with Gasteiger partial charge in [-0.05, 0) is 6.92 Å². The van der Waals surface area contributed by atoms with Gasteiger partial charge in [0.15, 0.2) is 5.83 Å². The van der Waals surface area contributed by atoms with Crippen molar-refractivity contribution in [3.8, 4) is 0 Å². The highest BCUT2D eigenvalue weighted by molar-refractivity contribution is 6.21. The van der Waals surface area contributed by atoms with E-state index in [1.54, 1.807) is 0 Å². The Balaban J connectivity index is 4.00. The Morgan fingerprint density at radius 2 is 2.00 bits per heavy atom. The maximum Gasteiger partial charge on any atom is 0.357 e. The van der Waals surface area contributed by atoms with Gasteiger partial charge in [-0.2, -0.15) is 4.39 Å². The monoisotopic (exact) mass is 141 g/mol. The predicted molar refractivity (Wildman–Crippen MR) is 25.2 cm³/mol. The molecule has 0 saturated carbocycles. The van der Waals surface area contributed by atoms with Gasteiger partial charge >= 0.3 is 6.01 Å². The number of hydrogen-bond donors (Lipinski definition) is 0. The van der Waals surface area contributed by atoms with Crippen molar-refractivity contribution in [2.45, 2.75) is 12.3 Å². The Morgan fingerprint density at radius 1 is 1.62 bits per heavy atom. The summed E-state index contributed by atoms with van der Waals surface area (Å²) in [4.78, 5) is 0. The van der Waals surface area contributed by atoms with Crippen molar-refractivity contribution < 1.29 is 13.9 Å². The van der Waals surface area contributed by atoms with E-state index in [1.165, 1.54) is 6.92 Å². The lowest BCUT2D eigenvalue weighted by atomic mass is 10.4. The molecule has 0 rings (SSSR count). The summed E-state index contributed by atoms with van der Waals surface area (Å²) in [6.07, 6.45) is 0. The average Bonchev–Trinajstić information content (AvgIpc) is 1.64. The standard InChI is InChI=1S/C4H4ClF2O/c1-2(5)3(6)4(7)8/h2H,1H3/b4-3-. The van der Waals surface area contributed by atoms with Crippen LogP contribution in [0.25, 0.3) is 0 Å². The van der Waals surface area contributed by atoms with Crippen molar-refractivity contribution in [1.82, 2.24) is 0 Å². The second-order valence-electron chi connectivity index (χ2n) is 1.24. The molecule has 0 heterocycles. The first-order valence-corrected chi connectivity index (χ1v) is 2.35. The number of rotatable bonds is 1. The fraction of sp³-hybridized carbons (Fsp3) is 0.500. The van der Waals surface area contributed by atoms with Crippen molar-refractivity contribution in [2.75, 3.05) is 0 Å². The Hall–Kier alpha value is -0.310. The molecular weight excluding hydrogens is 137 g/mol. The van der Waals surface area contributed by atoms with E-state index in [4.69, 9.17) is 11.6 Å². The molecule has 0 aromatic rings. The summed E-state index contributed by atoms with van der Waals surface area (Å²) < 4.78 is 22.9. The Bertz CT molecular complexity index is 107. The van der Waals surface area contributed by atoms with E-state index in [-0.39, 0.29) is 0 Å². The minimum Gasteiger partial charge on any atom is -0.253 e. The number of alkyl halides is 1. The van der Waals surface area contributed by atoms with Gasteiger partial charge in [0.2, 0.25) is 0 Å². The molecular formula is C4H4ClF2O. The first kappa shape index (κ1) is 7.69. The molecule has 8 heavy (non-hydrogen) atoms. The largest absolute Gasteiger partial charge is 0.357 e. The van der Waals surface area contributed by atoms with Crippen molar-refractivity contribution in [3.05, 3.63) is 11.8 Å². The topological polar surface area (TPSA) is 19.9 Å². The number of hydrogen-bond acceptors (Lipinski definition) is 0. The SMILES string of the molecule is CC(Cl)/C(F)=C(/[O])F. The van der Waals surface area contributed by atoms with Crippen LogP contribution in [0.4, 0.5) is 8.78 Å². The zero-order valence-electron chi connectivity index (χ0n) is 4.12. The molecule has 0 aromatic heterocycles. The van der Waals surface area contributed by atoms with Gasteiger partial charge in [-0.1, -0.05) is 0 Å². The minimum absolute atomic E-state index is 1.16. The molecule has 0 aliphatic carbocycles. The van der Waals surface area contributed by atoms with Crippen LogP contribution in [0, 0.1) is 0 Å². The van der Waals surface area contributed by atoms with E-state index < -0.39 is 17.2 Å². The van der Waals surface area contributed by atoms with Crippen LogP contribution in [-0.2, 0) is 5.11 Å². The summed E-state index contributed by atoms with van der Waals surface area (Å²) in [7, 11) is 0. The van der Waals surface area contributed by atoms with Crippen LogP contribution in [0.5, 0.6) is 0 Å². The third kappa shape index (κ3) is 2.12. The highest BCUT2D eigenvalue weighted by atomic mass is 35.5. The molecule has 1 radical (unpaired) electrons. The maximum atomic E-state index is 11.7. The van der Waals surface area contributed by atoms with Crippen LogP contribution in [-0.4, -0.2) is 5.38 Å². The molecule has 1 atom stereocenters. The van der Waals surface area contributed by atoms with Gasteiger partial charge < -0.3 is 0 Å². The summed E-state index contributed by atoms with van der Waals surface area (Å²) in [6.45, 7) is 1.17. The molecule has 0 aromatic carbocycles. The molecule has 0 bridgehead atoms. The molecule has 0 fully saturated rings. The molecule has 1 unspecified atom stereocenters. The van der Waals surface area contributed by atoms with Crippen molar-refractivity contribution in [3.63, 3.8) is 0 Å². The van der Waals surface area contributed by atoms with Crippen LogP contribution < -0.4 is 0 Å². The van der Waals surface area contributed by atoms with E-state index in [2.05, 4.69) is 0 Å². The summed E-state index contributed by atoms with van der Waals surface area (Å²) in [5.41, 5.74) is 0. The fourth-order valence-corrected chi connectivity index (χ4v) is 0.242. The predicted octanol–water partition coefficient (Wildman–Crippen LogP) is 2.15. The fourth-order valence-electron chi connectivity index (χ4n) is 0.156. The molecule has 0 saturated heterocycles. The summed E-state index contributed by atoms with van der Waals surface area (Å²) in [5.74, 6) is -1.44. The van der Waals surface area contributed by atoms with Gasteiger partial charge in [-0.3, -0.25) is 5.11 Å². The minimum atomic E-state index is -2.09. The van der Waals surface area contributed by atoms with E-state index in [0.29, 0.717) is 0 Å². The van der Waals surface area contributed by atoms with E-state index in [0.717, 1.165) is 0 Å². The highest BCUT2D eigenvalue weighted by Crippen LogP contribution is 2.14. The van der Waals surface area contributed by atoms with Gasteiger partial charge in [-0.25, -0.2) is 4.39 Å². The van der Waals surface area contributed by atoms with Crippen LogP contribution >= 0.6 is 11.6 Å². The van der Waals surface area contributed by atoms with Gasteiger partial charge in [0.1, 0.15) is 0 Å². The highest BCUT2D eigenvalue weighted by Gasteiger charge is 2.11. The van der Waals surface area contributed by atoms with Crippen molar-refractivity contribution in [2.24, 2.45) is 0 Å². The van der Waals surface area contributed by atoms with Gasteiger partial charge in [0.05, 0.1) is 5.38 Å². The van der Waals surface area contributed by atoms with Crippen molar-refractivity contribution in [1.29, 1.82) is 0 Å². The summed E-state index contributed by atoms with van der Waals surface area (Å²) >= 11 is 4.95. The van der Waals surface area contributed by atoms with E-state index in [9.17, 15) is 13.9 Å². The third-order valence-electron chi connectivity index (χ3n) is 0.537. The molecule has 0 aliphatic heterocycles. The van der Waals surface area contributed by atoms with E-state index >= 15 is 0 Å². The van der Waals surface area contributed by atoms with Crippen LogP contribution in [0.1, 0.15) is 6.92 Å². The zero-order valence-corrected chi connectivity index (χ0v) is 4.88. The molecule has 4 heteroatoms. The Labute approximate surface area is 50.6 Å². The molecule has 47 valence electrons. The lowest BCUT2D eigenvalue weighted by molar-refractivity contribution is 0.180. The van der Waals surface area contributed by atoms with Crippen LogP contribution in [0.15, 0.2) is 11.8 Å². The maximum absolute atomic E-state index is 11.7. The summed E-state index contributed by atoms with van der Waals surface area (Å²) in [5, 5.41) is 8.26. The van der Waals surface area contributed by atoms with Gasteiger partial charge in [0.25, 0.3) is 0 Å². The zero-order chi connectivity index (χ0) is 6.73. The van der Waals surface area contributed by atoms with Crippen molar-refractivity contribution >= 4 is 11.6 Å². The quantitative estimate of drug-likeness (QED) is 0.394. The number of halogens is 3. The van der Waals surface area contributed by atoms with Crippen LogP contribution in [0.2, 0.25) is 0 Å². The normalized spacial score (nSPS) is 17.5. The average molecular weight is 142 g/mol. The molecule has 1 nitrogen and oxygen atoms in total. The number of allylic oxidation sites excluding steroid dienone is 1. The first-order valence-electron chi connectivity index (χ1n) is 1.92. The van der Waals surface area contributed by atoms with Gasteiger partial charge in [0, 0.05) is 0 Å². The van der Waals surface area contributed by atoms with E-state index in [1.807, 2.05) is 0 Å². The first-order chi connectivity index (χ1) is 3.55. The smallest absolute Gasteiger partial charge is 0.253 e.